The van der Waals surface area contributed by atoms with E-state index < -0.39 is 0 Å². The van der Waals surface area contributed by atoms with Crippen LogP contribution in [0.1, 0.15) is 15.9 Å². The summed E-state index contributed by atoms with van der Waals surface area (Å²) in [5.41, 5.74) is 1.69. The lowest BCUT2D eigenvalue weighted by molar-refractivity contribution is -0.126. The number of rotatable bonds is 5. The summed E-state index contributed by atoms with van der Waals surface area (Å²) in [5.74, 6) is -0.183. The highest BCUT2D eigenvalue weighted by Gasteiger charge is 2.22. The average molecular weight is 408 g/mol. The Balaban J connectivity index is 1.49. The molecule has 1 fully saturated rings. The fourth-order valence-corrected chi connectivity index (χ4v) is 3.41. The third kappa shape index (κ3) is 3.86. The lowest BCUT2D eigenvalue weighted by Gasteiger charge is -2.34. The standard InChI is InChI=1S/C21H21FN6O2/c1-2-18(29)28-9-7-27(8-10-28)17-13-24-20-19(26-17)15(12-23-20)21(30)25-11-14-5-3-4-6-16(14)22/h2-6,12-13H,1,7-11H2,(H,23,24)(H,25,30). The molecule has 2 N–H and O–H groups in total. The number of fused-ring (bicyclic) bond motifs is 1. The van der Waals surface area contributed by atoms with Gasteiger partial charge in [-0.25, -0.2) is 14.4 Å². The van der Waals surface area contributed by atoms with Crippen LogP contribution in [-0.2, 0) is 11.3 Å². The normalized spacial score (nSPS) is 14.0. The molecule has 0 aliphatic carbocycles. The molecule has 3 heterocycles. The van der Waals surface area contributed by atoms with Gasteiger partial charge in [0.15, 0.2) is 5.65 Å². The Morgan fingerprint density at radius 3 is 2.73 bits per heavy atom. The molecular weight excluding hydrogens is 387 g/mol. The van der Waals surface area contributed by atoms with Crippen molar-refractivity contribution in [2.45, 2.75) is 6.54 Å². The van der Waals surface area contributed by atoms with E-state index in [-0.39, 0.29) is 24.2 Å². The number of carbonyl (C=O) groups is 2. The first-order chi connectivity index (χ1) is 14.6. The molecule has 3 aromatic rings. The van der Waals surface area contributed by atoms with E-state index in [0.717, 1.165) is 0 Å². The van der Waals surface area contributed by atoms with Gasteiger partial charge in [0.05, 0.1) is 11.8 Å². The highest BCUT2D eigenvalue weighted by atomic mass is 19.1. The number of H-pyrrole nitrogens is 1. The summed E-state index contributed by atoms with van der Waals surface area (Å²) in [5, 5.41) is 2.72. The van der Waals surface area contributed by atoms with Crippen LogP contribution in [0.3, 0.4) is 0 Å². The van der Waals surface area contributed by atoms with E-state index in [1.54, 1.807) is 35.5 Å². The molecule has 1 saturated heterocycles. The molecule has 0 atom stereocenters. The second-order valence-corrected chi connectivity index (χ2v) is 6.92. The Morgan fingerprint density at radius 2 is 2.00 bits per heavy atom. The van der Waals surface area contributed by atoms with Crippen LogP contribution in [0.2, 0.25) is 0 Å². The van der Waals surface area contributed by atoms with Crippen LogP contribution in [0.15, 0.2) is 49.3 Å². The van der Waals surface area contributed by atoms with E-state index in [4.69, 9.17) is 0 Å². The van der Waals surface area contributed by atoms with Gasteiger partial charge in [-0.3, -0.25) is 9.59 Å². The Bertz CT molecular complexity index is 1100. The second-order valence-electron chi connectivity index (χ2n) is 6.92. The number of hydrogen-bond acceptors (Lipinski definition) is 5. The maximum absolute atomic E-state index is 13.8. The third-order valence-corrected chi connectivity index (χ3v) is 5.10. The minimum Gasteiger partial charge on any atom is -0.352 e. The molecule has 1 aliphatic heterocycles. The summed E-state index contributed by atoms with van der Waals surface area (Å²) in [6.45, 7) is 5.94. The fraction of sp³-hybridized carbons (Fsp3) is 0.238. The smallest absolute Gasteiger partial charge is 0.255 e. The highest BCUT2D eigenvalue weighted by Crippen LogP contribution is 2.20. The Hall–Kier alpha value is -3.75. The summed E-state index contributed by atoms with van der Waals surface area (Å²) < 4.78 is 13.8. The molecule has 8 nitrogen and oxygen atoms in total. The number of benzene rings is 1. The monoisotopic (exact) mass is 408 g/mol. The summed E-state index contributed by atoms with van der Waals surface area (Å²) in [6, 6.07) is 6.30. The van der Waals surface area contributed by atoms with Crippen LogP contribution in [0.4, 0.5) is 10.2 Å². The van der Waals surface area contributed by atoms with E-state index in [0.29, 0.717) is 54.3 Å². The summed E-state index contributed by atoms with van der Waals surface area (Å²) in [4.78, 5) is 40.1. The van der Waals surface area contributed by atoms with Gasteiger partial charge in [0.25, 0.3) is 5.91 Å². The predicted octanol–water partition coefficient (Wildman–Crippen LogP) is 1.86. The fourth-order valence-electron chi connectivity index (χ4n) is 3.41. The first-order valence-corrected chi connectivity index (χ1v) is 9.59. The number of piperazine rings is 1. The number of carbonyl (C=O) groups excluding carboxylic acids is 2. The quantitative estimate of drug-likeness (QED) is 0.629. The van der Waals surface area contributed by atoms with Crippen LogP contribution in [-0.4, -0.2) is 57.8 Å². The zero-order valence-electron chi connectivity index (χ0n) is 16.3. The molecule has 2 amide bonds. The maximum Gasteiger partial charge on any atom is 0.255 e. The van der Waals surface area contributed by atoms with Crippen LogP contribution in [0, 0.1) is 5.82 Å². The van der Waals surface area contributed by atoms with Crippen LogP contribution in [0.5, 0.6) is 0 Å². The molecule has 0 spiro atoms. The zero-order chi connectivity index (χ0) is 21.1. The van der Waals surface area contributed by atoms with Gasteiger partial charge in [0, 0.05) is 44.5 Å². The van der Waals surface area contributed by atoms with E-state index in [1.165, 1.54) is 12.1 Å². The van der Waals surface area contributed by atoms with Crippen molar-refractivity contribution in [1.29, 1.82) is 0 Å². The molecule has 154 valence electrons. The van der Waals surface area contributed by atoms with Crippen molar-refractivity contribution < 1.29 is 14.0 Å². The van der Waals surface area contributed by atoms with Crippen molar-refractivity contribution in [2.24, 2.45) is 0 Å². The molecule has 4 rings (SSSR count). The first-order valence-electron chi connectivity index (χ1n) is 9.59. The van der Waals surface area contributed by atoms with Gasteiger partial charge in [0.2, 0.25) is 5.91 Å². The molecule has 0 unspecified atom stereocenters. The van der Waals surface area contributed by atoms with Crippen LogP contribution in [0.25, 0.3) is 11.2 Å². The molecule has 2 aromatic heterocycles. The minimum absolute atomic E-state index is 0.0740. The molecule has 0 radical (unpaired) electrons. The van der Waals surface area contributed by atoms with Crippen molar-refractivity contribution in [3.63, 3.8) is 0 Å². The van der Waals surface area contributed by atoms with Crippen molar-refractivity contribution in [2.75, 3.05) is 31.1 Å². The first kappa shape index (κ1) is 19.6. The lowest BCUT2D eigenvalue weighted by atomic mass is 10.2. The molecule has 30 heavy (non-hydrogen) atoms. The number of aromatic amines is 1. The summed E-state index contributed by atoms with van der Waals surface area (Å²) in [6.07, 6.45) is 4.50. The highest BCUT2D eigenvalue weighted by molar-refractivity contribution is 6.04. The largest absolute Gasteiger partial charge is 0.352 e. The number of nitrogens with one attached hydrogen (secondary N) is 2. The van der Waals surface area contributed by atoms with E-state index in [2.05, 4.69) is 26.8 Å². The molecule has 1 aromatic carbocycles. The van der Waals surface area contributed by atoms with Gasteiger partial charge in [0.1, 0.15) is 17.2 Å². The van der Waals surface area contributed by atoms with Crippen molar-refractivity contribution in [3.8, 4) is 0 Å². The lowest BCUT2D eigenvalue weighted by Crippen LogP contribution is -2.48. The van der Waals surface area contributed by atoms with E-state index in [9.17, 15) is 14.0 Å². The number of hydrogen-bond donors (Lipinski definition) is 2. The summed E-state index contributed by atoms with van der Waals surface area (Å²) in [7, 11) is 0. The maximum atomic E-state index is 13.8. The summed E-state index contributed by atoms with van der Waals surface area (Å²) >= 11 is 0. The third-order valence-electron chi connectivity index (χ3n) is 5.10. The molecular formula is C21H21FN6O2. The SMILES string of the molecule is C=CC(=O)N1CCN(c2cnc3[nH]cc(C(=O)NCc4ccccc4F)c3n2)CC1. The van der Waals surface area contributed by atoms with Crippen molar-refractivity contribution in [3.05, 3.63) is 66.3 Å². The average Bonchev–Trinajstić information content (AvgIpc) is 3.21. The Morgan fingerprint density at radius 1 is 1.23 bits per heavy atom. The van der Waals surface area contributed by atoms with Gasteiger partial charge >= 0.3 is 0 Å². The van der Waals surface area contributed by atoms with Gasteiger partial charge in [-0.2, -0.15) is 0 Å². The van der Waals surface area contributed by atoms with E-state index >= 15 is 0 Å². The van der Waals surface area contributed by atoms with Gasteiger partial charge in [-0.05, 0) is 12.1 Å². The number of halogens is 1. The number of amides is 2. The number of aromatic nitrogens is 3. The van der Waals surface area contributed by atoms with Crippen molar-refractivity contribution >= 4 is 28.8 Å². The molecule has 9 heteroatoms. The molecule has 0 bridgehead atoms. The number of anilines is 1. The van der Waals surface area contributed by atoms with Crippen LogP contribution >= 0.6 is 0 Å². The molecule has 1 aliphatic rings. The Labute approximate surface area is 172 Å². The van der Waals surface area contributed by atoms with Gasteiger partial charge < -0.3 is 20.1 Å². The van der Waals surface area contributed by atoms with E-state index in [1.807, 2.05) is 4.90 Å². The van der Waals surface area contributed by atoms with Crippen LogP contribution < -0.4 is 10.2 Å². The zero-order valence-corrected chi connectivity index (χ0v) is 16.3. The second kappa shape index (κ2) is 8.32. The predicted molar refractivity (Wildman–Crippen MR) is 110 cm³/mol. The minimum atomic E-state index is -0.368. The molecule has 0 saturated carbocycles. The van der Waals surface area contributed by atoms with Gasteiger partial charge in [-0.1, -0.05) is 24.8 Å². The van der Waals surface area contributed by atoms with Gasteiger partial charge in [-0.15, -0.1) is 0 Å². The Kier molecular flexibility index (Phi) is 5.42. The van der Waals surface area contributed by atoms with Crippen molar-refractivity contribution in [1.82, 2.24) is 25.2 Å². The number of nitrogens with zero attached hydrogens (tertiary/aromatic N) is 4. The topological polar surface area (TPSA) is 94.2 Å².